The van der Waals surface area contributed by atoms with Crippen molar-refractivity contribution in [2.45, 2.75) is 6.42 Å². The Morgan fingerprint density at radius 2 is 1.43 bits per heavy atom. The van der Waals surface area contributed by atoms with Crippen LogP contribution in [0.3, 0.4) is 0 Å². The zero-order valence-electron chi connectivity index (χ0n) is 14.8. The molecule has 6 nitrogen and oxygen atoms in total. The smallest absolute Gasteiger partial charge is 0.281 e. The van der Waals surface area contributed by atoms with Crippen molar-refractivity contribution in [3.63, 3.8) is 0 Å². The number of benzene rings is 3. The van der Waals surface area contributed by atoms with Crippen LogP contribution in [0, 0.1) is 10.1 Å². The highest BCUT2D eigenvalue weighted by Gasteiger charge is 2.36. The first-order valence-corrected chi connectivity index (χ1v) is 8.85. The predicted molar refractivity (Wildman–Crippen MR) is 105 cm³/mol. The summed E-state index contributed by atoms with van der Waals surface area (Å²) in [6.45, 7) is 0.587. The summed E-state index contributed by atoms with van der Waals surface area (Å²) in [7, 11) is 0. The van der Waals surface area contributed by atoms with Crippen LogP contribution >= 0.6 is 0 Å². The molecule has 1 aliphatic rings. The van der Waals surface area contributed by atoms with Gasteiger partial charge in [0.2, 0.25) is 5.78 Å². The molecule has 3 aromatic carbocycles. The van der Waals surface area contributed by atoms with Crippen LogP contribution in [0.5, 0.6) is 0 Å². The number of ketones is 2. The van der Waals surface area contributed by atoms with E-state index in [9.17, 15) is 19.7 Å². The molecule has 0 fully saturated rings. The molecule has 138 valence electrons. The summed E-state index contributed by atoms with van der Waals surface area (Å²) in [4.78, 5) is 36.7. The maximum Gasteiger partial charge on any atom is 0.281 e. The number of rotatable bonds is 5. The lowest BCUT2D eigenvalue weighted by Crippen LogP contribution is -2.24. The van der Waals surface area contributed by atoms with Gasteiger partial charge in [-0.2, -0.15) is 0 Å². The van der Waals surface area contributed by atoms with Gasteiger partial charge < -0.3 is 5.32 Å². The second-order valence-corrected chi connectivity index (χ2v) is 6.51. The third-order valence-electron chi connectivity index (χ3n) is 4.82. The number of fused-ring (bicyclic) bond motifs is 2. The molecule has 1 aliphatic carbocycles. The average Bonchev–Trinajstić information content (AvgIpc) is 2.72. The lowest BCUT2D eigenvalue weighted by atomic mass is 9.82. The third kappa shape index (κ3) is 2.95. The van der Waals surface area contributed by atoms with E-state index < -0.39 is 10.7 Å². The number of nitrogens with one attached hydrogen (secondary N) is 1. The summed E-state index contributed by atoms with van der Waals surface area (Å²) in [5.41, 5.74) is 1.77. The number of nitro benzene ring substituents is 1. The number of hydrogen-bond donors (Lipinski definition) is 1. The van der Waals surface area contributed by atoms with Gasteiger partial charge >= 0.3 is 0 Å². The number of nitrogens with zero attached hydrogens (tertiary/aromatic N) is 1. The molecular formula is C22H16N2O4. The number of nitro groups is 1. The molecule has 0 aliphatic heterocycles. The Labute approximate surface area is 161 Å². The fourth-order valence-corrected chi connectivity index (χ4v) is 3.51. The zero-order chi connectivity index (χ0) is 19.7. The molecule has 3 aromatic rings. The van der Waals surface area contributed by atoms with Crippen molar-refractivity contribution < 1.29 is 14.5 Å². The van der Waals surface area contributed by atoms with Gasteiger partial charge in [-0.15, -0.1) is 0 Å². The SMILES string of the molecule is O=C1c2cccc([N+](=O)[O-])c2C(=O)c2cccc(NCCc3ccccc3)c21. The molecule has 1 N–H and O–H groups in total. The fraction of sp³-hybridized carbons (Fsp3) is 0.0909. The van der Waals surface area contributed by atoms with Crippen LogP contribution in [-0.2, 0) is 6.42 Å². The Morgan fingerprint density at radius 3 is 2.14 bits per heavy atom. The number of hydrogen-bond acceptors (Lipinski definition) is 5. The zero-order valence-corrected chi connectivity index (χ0v) is 14.8. The molecule has 0 saturated heterocycles. The highest BCUT2D eigenvalue weighted by atomic mass is 16.6. The molecule has 0 unspecified atom stereocenters. The van der Waals surface area contributed by atoms with Crippen molar-refractivity contribution in [2.24, 2.45) is 0 Å². The monoisotopic (exact) mass is 372 g/mol. The molecule has 0 atom stereocenters. The van der Waals surface area contributed by atoms with Gasteiger partial charge in [0, 0.05) is 29.4 Å². The van der Waals surface area contributed by atoms with Gasteiger partial charge in [0.05, 0.1) is 10.5 Å². The molecule has 6 heteroatoms. The standard InChI is InChI=1S/C22H16N2O4/c25-21-16-9-5-11-18(24(27)28)20(16)22(26)15-8-4-10-17(19(15)21)23-13-12-14-6-2-1-3-7-14/h1-11,23H,12-13H2. The predicted octanol–water partition coefficient (Wildman–Crippen LogP) is 4.02. The van der Waals surface area contributed by atoms with E-state index >= 15 is 0 Å². The van der Waals surface area contributed by atoms with Gasteiger partial charge in [-0.3, -0.25) is 19.7 Å². The summed E-state index contributed by atoms with van der Waals surface area (Å²) < 4.78 is 0. The van der Waals surface area contributed by atoms with Crippen LogP contribution < -0.4 is 5.32 Å². The van der Waals surface area contributed by atoms with Crippen molar-refractivity contribution in [1.29, 1.82) is 0 Å². The topological polar surface area (TPSA) is 89.3 Å². The number of carbonyl (C=O) groups is 2. The first-order chi connectivity index (χ1) is 13.6. The molecule has 0 saturated carbocycles. The number of anilines is 1. The summed E-state index contributed by atoms with van der Waals surface area (Å²) in [5, 5.41) is 14.5. The van der Waals surface area contributed by atoms with Gasteiger partial charge in [0.25, 0.3) is 5.69 Å². The van der Waals surface area contributed by atoms with E-state index in [1.807, 2.05) is 30.3 Å². The molecule has 0 spiro atoms. The first-order valence-electron chi connectivity index (χ1n) is 8.85. The Hall–Kier alpha value is -3.80. The lowest BCUT2D eigenvalue weighted by molar-refractivity contribution is -0.385. The van der Waals surface area contributed by atoms with E-state index in [1.165, 1.54) is 24.3 Å². The normalized spacial score (nSPS) is 12.3. The number of carbonyl (C=O) groups excluding carboxylic acids is 2. The minimum absolute atomic E-state index is 0.0732. The van der Waals surface area contributed by atoms with Crippen LogP contribution in [0.15, 0.2) is 66.7 Å². The molecule has 0 radical (unpaired) electrons. The minimum atomic E-state index is -0.628. The quantitative estimate of drug-likeness (QED) is 0.422. The summed E-state index contributed by atoms with van der Waals surface area (Å²) in [6.07, 6.45) is 0.759. The van der Waals surface area contributed by atoms with E-state index in [1.54, 1.807) is 12.1 Å². The first kappa shape index (κ1) is 17.6. The second kappa shape index (κ2) is 7.08. The van der Waals surface area contributed by atoms with E-state index in [0.29, 0.717) is 12.2 Å². The van der Waals surface area contributed by atoms with Crippen LogP contribution in [0.2, 0.25) is 0 Å². The molecule has 28 heavy (non-hydrogen) atoms. The van der Waals surface area contributed by atoms with Gasteiger partial charge in [-0.25, -0.2) is 0 Å². The van der Waals surface area contributed by atoms with Gasteiger partial charge in [0.15, 0.2) is 5.78 Å². The summed E-state index contributed by atoms with van der Waals surface area (Å²) in [6, 6.07) is 19.0. The third-order valence-corrected chi connectivity index (χ3v) is 4.82. The summed E-state index contributed by atoms with van der Waals surface area (Å²) in [5.74, 6) is -0.875. The molecule has 4 rings (SSSR count). The van der Waals surface area contributed by atoms with Crippen LogP contribution in [0.25, 0.3) is 0 Å². The van der Waals surface area contributed by atoms with E-state index in [-0.39, 0.29) is 33.7 Å². The van der Waals surface area contributed by atoms with Crippen molar-refractivity contribution in [3.05, 3.63) is 105 Å². The van der Waals surface area contributed by atoms with Crippen LogP contribution in [-0.4, -0.2) is 23.0 Å². The van der Waals surface area contributed by atoms with E-state index in [4.69, 9.17) is 0 Å². The molecule has 0 heterocycles. The highest BCUT2D eigenvalue weighted by molar-refractivity contribution is 6.31. The Kier molecular flexibility index (Phi) is 4.45. The average molecular weight is 372 g/mol. The Balaban J connectivity index is 1.69. The van der Waals surface area contributed by atoms with E-state index in [0.717, 1.165) is 12.0 Å². The van der Waals surface area contributed by atoms with Gasteiger partial charge in [-0.1, -0.05) is 48.5 Å². The largest absolute Gasteiger partial charge is 0.384 e. The maximum absolute atomic E-state index is 13.1. The van der Waals surface area contributed by atoms with Crippen LogP contribution in [0.4, 0.5) is 11.4 Å². The molecular weight excluding hydrogens is 356 g/mol. The van der Waals surface area contributed by atoms with Crippen molar-refractivity contribution in [2.75, 3.05) is 11.9 Å². The van der Waals surface area contributed by atoms with Crippen molar-refractivity contribution in [3.8, 4) is 0 Å². The molecule has 0 amide bonds. The maximum atomic E-state index is 13.1. The van der Waals surface area contributed by atoms with Crippen LogP contribution in [0.1, 0.15) is 37.4 Å². The second-order valence-electron chi connectivity index (χ2n) is 6.51. The fourth-order valence-electron chi connectivity index (χ4n) is 3.51. The Bertz CT molecular complexity index is 1110. The molecule has 0 aromatic heterocycles. The van der Waals surface area contributed by atoms with Gasteiger partial charge in [0.1, 0.15) is 5.56 Å². The summed E-state index contributed by atoms with van der Waals surface area (Å²) >= 11 is 0. The lowest BCUT2D eigenvalue weighted by Gasteiger charge is -2.20. The van der Waals surface area contributed by atoms with Crippen molar-refractivity contribution >= 4 is 22.9 Å². The minimum Gasteiger partial charge on any atom is -0.384 e. The van der Waals surface area contributed by atoms with Gasteiger partial charge in [-0.05, 0) is 24.1 Å². The Morgan fingerprint density at radius 1 is 0.786 bits per heavy atom. The van der Waals surface area contributed by atoms with E-state index in [2.05, 4.69) is 5.32 Å². The highest BCUT2D eigenvalue weighted by Crippen LogP contribution is 2.35. The van der Waals surface area contributed by atoms with Crippen molar-refractivity contribution in [1.82, 2.24) is 0 Å². The molecule has 0 bridgehead atoms.